The predicted octanol–water partition coefficient (Wildman–Crippen LogP) is 2.89. The largest absolute Gasteiger partial charge is 0.484 e. The van der Waals surface area contributed by atoms with Crippen molar-refractivity contribution < 1.29 is 27.5 Å². The Labute approximate surface area is 234 Å². The summed E-state index contributed by atoms with van der Waals surface area (Å²) in [5, 5.41) is 3.98. The number of anilines is 1. The minimum Gasteiger partial charge on any atom is -0.484 e. The molecule has 0 spiro atoms. The van der Waals surface area contributed by atoms with Crippen molar-refractivity contribution in [1.29, 1.82) is 0 Å². The Morgan fingerprint density at radius 1 is 1.00 bits per heavy atom. The van der Waals surface area contributed by atoms with Gasteiger partial charge in [0, 0.05) is 13.1 Å². The molecular formula is C29H32N4O6S. The second kappa shape index (κ2) is 13.2. The number of benzene rings is 3. The van der Waals surface area contributed by atoms with Crippen molar-refractivity contribution >= 4 is 33.7 Å². The number of nitrogens with zero attached hydrogens (tertiary/aromatic N) is 3. The van der Waals surface area contributed by atoms with Gasteiger partial charge in [-0.05, 0) is 79.1 Å². The van der Waals surface area contributed by atoms with Gasteiger partial charge in [-0.2, -0.15) is 5.10 Å². The van der Waals surface area contributed by atoms with E-state index >= 15 is 0 Å². The molecule has 1 N–H and O–H groups in total. The van der Waals surface area contributed by atoms with Crippen molar-refractivity contribution in [1.82, 2.24) is 10.3 Å². The number of nitrogens with one attached hydrogen (secondary N) is 1. The van der Waals surface area contributed by atoms with Crippen LogP contribution in [0.2, 0.25) is 0 Å². The van der Waals surface area contributed by atoms with E-state index in [2.05, 4.69) is 10.5 Å². The fourth-order valence-electron chi connectivity index (χ4n) is 4.17. The van der Waals surface area contributed by atoms with Gasteiger partial charge in [0.15, 0.2) is 6.61 Å². The molecule has 11 heteroatoms. The van der Waals surface area contributed by atoms with Gasteiger partial charge in [0.25, 0.3) is 21.8 Å². The lowest BCUT2D eigenvalue weighted by Crippen LogP contribution is -2.42. The third-order valence-corrected chi connectivity index (χ3v) is 7.91. The molecule has 0 unspecified atom stereocenters. The Balaban J connectivity index is 1.38. The molecule has 210 valence electrons. The predicted molar refractivity (Wildman–Crippen MR) is 152 cm³/mol. The number of aryl methyl sites for hydroxylation is 2. The summed E-state index contributed by atoms with van der Waals surface area (Å²) >= 11 is 0. The summed E-state index contributed by atoms with van der Waals surface area (Å²) in [5.74, 6) is -0.171. The van der Waals surface area contributed by atoms with Crippen LogP contribution in [-0.2, 0) is 24.3 Å². The maximum Gasteiger partial charge on any atom is 0.264 e. The average molecular weight is 565 g/mol. The molecule has 1 saturated heterocycles. The molecule has 3 aromatic rings. The highest BCUT2D eigenvalue weighted by atomic mass is 32.2. The van der Waals surface area contributed by atoms with Crippen molar-refractivity contribution in [3.05, 3.63) is 89.5 Å². The summed E-state index contributed by atoms with van der Waals surface area (Å²) in [6.45, 7) is 5.39. The lowest BCUT2D eigenvalue weighted by atomic mass is 10.1. The fourth-order valence-corrected chi connectivity index (χ4v) is 5.60. The molecule has 0 aliphatic carbocycles. The smallest absolute Gasteiger partial charge is 0.264 e. The van der Waals surface area contributed by atoms with E-state index in [4.69, 9.17) is 9.47 Å². The molecule has 10 nitrogen and oxygen atoms in total. The molecule has 2 amide bonds. The SMILES string of the molecule is Cc1cc(C)cc(N(CC(=O)N/N=C\c2ccc(OCC(=O)N3CCOCC3)cc2)S(=O)(=O)c2ccccc2)c1. The summed E-state index contributed by atoms with van der Waals surface area (Å²) in [7, 11) is -4.01. The molecule has 0 saturated carbocycles. The van der Waals surface area contributed by atoms with Gasteiger partial charge in [-0.15, -0.1) is 0 Å². The number of rotatable bonds is 10. The standard InChI is InChI=1S/C29H32N4O6S/c1-22-16-23(2)18-25(17-22)33(40(36,37)27-6-4-3-5-7-27)20-28(34)31-30-19-24-8-10-26(11-9-24)39-21-29(35)32-12-14-38-15-13-32/h3-11,16-19H,12-15,20-21H2,1-2H3,(H,31,34)/b30-19-. The third kappa shape index (κ3) is 7.67. The molecule has 0 aromatic heterocycles. The van der Waals surface area contributed by atoms with E-state index in [0.717, 1.165) is 15.4 Å². The number of hydrogen-bond acceptors (Lipinski definition) is 7. The highest BCUT2D eigenvalue weighted by molar-refractivity contribution is 7.92. The van der Waals surface area contributed by atoms with Crippen LogP contribution < -0.4 is 14.5 Å². The van der Waals surface area contributed by atoms with Crippen molar-refractivity contribution in [3.63, 3.8) is 0 Å². The first-order valence-electron chi connectivity index (χ1n) is 12.8. The Hall–Kier alpha value is -4.22. The van der Waals surface area contributed by atoms with Crippen LogP contribution in [0.25, 0.3) is 0 Å². The Kier molecular flexibility index (Phi) is 9.52. The summed E-state index contributed by atoms with van der Waals surface area (Å²) in [4.78, 5) is 26.8. The van der Waals surface area contributed by atoms with Crippen LogP contribution in [0, 0.1) is 13.8 Å². The van der Waals surface area contributed by atoms with Gasteiger partial charge in [-0.3, -0.25) is 13.9 Å². The summed E-state index contributed by atoms with van der Waals surface area (Å²) in [6.07, 6.45) is 1.44. The molecule has 1 heterocycles. The van der Waals surface area contributed by atoms with Gasteiger partial charge in [0.1, 0.15) is 12.3 Å². The Morgan fingerprint density at radius 3 is 2.30 bits per heavy atom. The minimum absolute atomic E-state index is 0.0631. The molecule has 0 radical (unpaired) electrons. The maximum atomic E-state index is 13.5. The molecule has 1 aliphatic heterocycles. The normalized spacial score (nSPS) is 13.7. The molecule has 1 fully saturated rings. The average Bonchev–Trinajstić information content (AvgIpc) is 2.95. The molecular weight excluding hydrogens is 532 g/mol. The number of hydrazone groups is 1. The van der Waals surface area contributed by atoms with E-state index in [0.29, 0.717) is 43.3 Å². The zero-order chi connectivity index (χ0) is 28.5. The van der Waals surface area contributed by atoms with Crippen LogP contribution in [0.5, 0.6) is 5.75 Å². The lowest BCUT2D eigenvalue weighted by Gasteiger charge is -2.26. The Bertz CT molecular complexity index is 1430. The van der Waals surface area contributed by atoms with E-state index in [-0.39, 0.29) is 17.4 Å². The number of hydrogen-bond donors (Lipinski definition) is 1. The van der Waals surface area contributed by atoms with Crippen LogP contribution in [0.3, 0.4) is 0 Å². The van der Waals surface area contributed by atoms with Gasteiger partial charge in [0.2, 0.25) is 0 Å². The monoisotopic (exact) mass is 564 g/mol. The van der Waals surface area contributed by atoms with Crippen molar-refractivity contribution in [2.24, 2.45) is 5.10 Å². The summed E-state index contributed by atoms with van der Waals surface area (Å²) in [5.41, 5.74) is 5.23. The van der Waals surface area contributed by atoms with Crippen LogP contribution in [0.15, 0.2) is 82.8 Å². The second-order valence-electron chi connectivity index (χ2n) is 9.31. The van der Waals surface area contributed by atoms with Crippen LogP contribution in [-0.4, -0.2) is 70.8 Å². The van der Waals surface area contributed by atoms with E-state index in [9.17, 15) is 18.0 Å². The van der Waals surface area contributed by atoms with Crippen LogP contribution in [0.4, 0.5) is 5.69 Å². The van der Waals surface area contributed by atoms with E-state index < -0.39 is 22.5 Å². The van der Waals surface area contributed by atoms with Gasteiger partial charge >= 0.3 is 0 Å². The molecule has 0 atom stereocenters. The van der Waals surface area contributed by atoms with Gasteiger partial charge in [-0.25, -0.2) is 13.8 Å². The second-order valence-corrected chi connectivity index (χ2v) is 11.2. The van der Waals surface area contributed by atoms with Crippen molar-refractivity contribution in [2.45, 2.75) is 18.7 Å². The topological polar surface area (TPSA) is 118 Å². The van der Waals surface area contributed by atoms with Gasteiger partial charge < -0.3 is 14.4 Å². The van der Waals surface area contributed by atoms with E-state index in [1.807, 2.05) is 19.9 Å². The molecule has 3 aromatic carbocycles. The van der Waals surface area contributed by atoms with E-state index in [1.165, 1.54) is 18.3 Å². The zero-order valence-electron chi connectivity index (χ0n) is 22.4. The Morgan fingerprint density at radius 2 is 1.65 bits per heavy atom. The first-order valence-corrected chi connectivity index (χ1v) is 14.2. The van der Waals surface area contributed by atoms with Crippen LogP contribution in [0.1, 0.15) is 16.7 Å². The summed E-state index contributed by atoms with van der Waals surface area (Å²) in [6, 6.07) is 20.2. The number of carbonyl (C=O) groups excluding carboxylic acids is 2. The zero-order valence-corrected chi connectivity index (χ0v) is 23.3. The summed E-state index contributed by atoms with van der Waals surface area (Å²) < 4.78 is 38.9. The molecule has 4 rings (SSSR count). The maximum absolute atomic E-state index is 13.5. The van der Waals surface area contributed by atoms with Gasteiger partial charge in [0.05, 0.1) is 30.0 Å². The van der Waals surface area contributed by atoms with Crippen molar-refractivity contribution in [3.8, 4) is 5.75 Å². The fraction of sp³-hybridized carbons (Fsp3) is 0.276. The molecule has 0 bridgehead atoms. The van der Waals surface area contributed by atoms with Crippen molar-refractivity contribution in [2.75, 3.05) is 43.8 Å². The third-order valence-electron chi connectivity index (χ3n) is 6.12. The number of ether oxygens (including phenoxy) is 2. The molecule has 1 aliphatic rings. The quantitative estimate of drug-likeness (QED) is 0.299. The molecule has 40 heavy (non-hydrogen) atoms. The first kappa shape index (κ1) is 28.8. The number of sulfonamides is 1. The first-order chi connectivity index (χ1) is 19.2. The van der Waals surface area contributed by atoms with Gasteiger partial charge in [-0.1, -0.05) is 24.3 Å². The number of morpholine rings is 1. The minimum atomic E-state index is -4.01. The number of amides is 2. The lowest BCUT2D eigenvalue weighted by molar-refractivity contribution is -0.137. The highest BCUT2D eigenvalue weighted by Crippen LogP contribution is 2.25. The van der Waals surface area contributed by atoms with E-state index in [1.54, 1.807) is 59.5 Å². The highest BCUT2D eigenvalue weighted by Gasteiger charge is 2.27. The van der Waals surface area contributed by atoms with Crippen LogP contribution >= 0.6 is 0 Å². The number of carbonyl (C=O) groups is 2.